The van der Waals surface area contributed by atoms with Crippen molar-refractivity contribution in [3.05, 3.63) is 36.0 Å². The van der Waals surface area contributed by atoms with Crippen molar-refractivity contribution in [1.82, 2.24) is 15.2 Å². The summed E-state index contributed by atoms with van der Waals surface area (Å²) in [6.07, 6.45) is 9.43. The quantitative estimate of drug-likeness (QED) is 0.694. The number of likely N-dealkylation sites (tertiary alicyclic amines) is 1. The first-order valence-corrected chi connectivity index (χ1v) is 9.83. The Morgan fingerprint density at radius 2 is 1.79 bits per heavy atom. The third kappa shape index (κ3) is 5.20. The summed E-state index contributed by atoms with van der Waals surface area (Å²) in [7, 11) is 4.84. The van der Waals surface area contributed by atoms with Gasteiger partial charge in [-0.2, -0.15) is 0 Å². The standard InChI is InChI=1S/C23H29N3O3/c1-5-9-24-19-7-11-26(12-8-19)16-17-6-10-25-20(13-17)18-14-21(27-2)23(29-4)22(15-18)28-3/h1,6,10,13-15,19,24H,7-9,11-12,16H2,2-4H3. The summed E-state index contributed by atoms with van der Waals surface area (Å²) in [5.74, 6) is 4.48. The number of methoxy groups -OCH3 is 3. The number of hydrogen-bond acceptors (Lipinski definition) is 6. The number of ether oxygens (including phenoxy) is 3. The van der Waals surface area contributed by atoms with Gasteiger partial charge in [-0.25, -0.2) is 0 Å². The first kappa shape index (κ1) is 21.0. The van der Waals surface area contributed by atoms with E-state index in [0.29, 0.717) is 29.8 Å². The normalized spacial score (nSPS) is 15.0. The van der Waals surface area contributed by atoms with Gasteiger partial charge in [0.1, 0.15) is 0 Å². The van der Waals surface area contributed by atoms with Crippen molar-refractivity contribution in [2.45, 2.75) is 25.4 Å². The Labute approximate surface area is 173 Å². The van der Waals surface area contributed by atoms with Gasteiger partial charge in [-0.3, -0.25) is 9.88 Å². The van der Waals surface area contributed by atoms with Gasteiger partial charge in [-0.05, 0) is 55.8 Å². The summed E-state index contributed by atoms with van der Waals surface area (Å²) in [6, 6.07) is 8.58. The molecule has 0 atom stereocenters. The lowest BCUT2D eigenvalue weighted by atomic mass is 10.0. The van der Waals surface area contributed by atoms with E-state index in [0.717, 1.165) is 43.7 Å². The predicted molar refractivity (Wildman–Crippen MR) is 114 cm³/mol. The lowest BCUT2D eigenvalue weighted by Gasteiger charge is -2.32. The van der Waals surface area contributed by atoms with Crippen LogP contribution in [-0.2, 0) is 6.54 Å². The molecule has 1 saturated heterocycles. The molecule has 0 bridgehead atoms. The zero-order chi connectivity index (χ0) is 20.6. The van der Waals surface area contributed by atoms with E-state index in [-0.39, 0.29) is 0 Å². The molecule has 0 aliphatic carbocycles. The Morgan fingerprint density at radius 1 is 1.10 bits per heavy atom. The molecule has 1 aliphatic heterocycles. The second-order valence-corrected chi connectivity index (χ2v) is 7.10. The molecule has 0 spiro atoms. The maximum absolute atomic E-state index is 5.47. The molecule has 154 valence electrons. The third-order valence-electron chi connectivity index (χ3n) is 5.27. The van der Waals surface area contributed by atoms with E-state index < -0.39 is 0 Å². The van der Waals surface area contributed by atoms with E-state index in [9.17, 15) is 0 Å². The summed E-state index contributed by atoms with van der Waals surface area (Å²) in [5, 5.41) is 3.41. The molecule has 3 rings (SSSR count). The van der Waals surface area contributed by atoms with E-state index in [1.165, 1.54) is 5.56 Å². The van der Waals surface area contributed by atoms with Gasteiger partial charge in [0.05, 0.1) is 33.6 Å². The number of nitrogens with zero attached hydrogens (tertiary/aromatic N) is 2. The molecule has 1 fully saturated rings. The van der Waals surface area contributed by atoms with Crippen LogP contribution in [0.4, 0.5) is 0 Å². The van der Waals surface area contributed by atoms with Crippen LogP contribution in [0.25, 0.3) is 11.3 Å². The fraction of sp³-hybridized carbons (Fsp3) is 0.435. The fourth-order valence-electron chi connectivity index (χ4n) is 3.72. The Morgan fingerprint density at radius 3 is 2.38 bits per heavy atom. The van der Waals surface area contributed by atoms with Crippen LogP contribution >= 0.6 is 0 Å². The monoisotopic (exact) mass is 395 g/mol. The first-order chi connectivity index (χ1) is 14.2. The molecule has 6 nitrogen and oxygen atoms in total. The maximum atomic E-state index is 5.47. The zero-order valence-electron chi connectivity index (χ0n) is 17.4. The highest BCUT2D eigenvalue weighted by Crippen LogP contribution is 2.40. The molecule has 6 heteroatoms. The van der Waals surface area contributed by atoms with Crippen LogP contribution in [0.15, 0.2) is 30.5 Å². The van der Waals surface area contributed by atoms with E-state index in [4.69, 9.17) is 20.6 Å². The number of benzene rings is 1. The van der Waals surface area contributed by atoms with Gasteiger partial charge in [-0.15, -0.1) is 6.42 Å². The zero-order valence-corrected chi connectivity index (χ0v) is 17.4. The van der Waals surface area contributed by atoms with Gasteiger partial charge in [0.15, 0.2) is 11.5 Å². The second kappa shape index (κ2) is 10.1. The number of hydrogen-bond donors (Lipinski definition) is 1. The largest absolute Gasteiger partial charge is 0.493 e. The summed E-state index contributed by atoms with van der Waals surface area (Å²) >= 11 is 0. The van der Waals surface area contributed by atoms with Crippen LogP contribution in [0.2, 0.25) is 0 Å². The molecule has 2 heterocycles. The number of terminal acetylenes is 1. The number of rotatable bonds is 8. The molecule has 0 saturated carbocycles. The molecule has 0 radical (unpaired) electrons. The highest BCUT2D eigenvalue weighted by Gasteiger charge is 2.19. The average molecular weight is 396 g/mol. The molecular weight excluding hydrogens is 366 g/mol. The summed E-state index contributed by atoms with van der Waals surface area (Å²) in [4.78, 5) is 7.03. The van der Waals surface area contributed by atoms with Crippen molar-refractivity contribution in [2.24, 2.45) is 0 Å². The molecule has 2 aromatic rings. The topological polar surface area (TPSA) is 55.9 Å². The summed E-state index contributed by atoms with van der Waals surface area (Å²) < 4.78 is 16.4. The Balaban J connectivity index is 1.73. The van der Waals surface area contributed by atoms with Gasteiger partial charge in [-0.1, -0.05) is 5.92 Å². The van der Waals surface area contributed by atoms with Gasteiger partial charge >= 0.3 is 0 Å². The van der Waals surface area contributed by atoms with E-state index in [1.807, 2.05) is 18.3 Å². The molecule has 1 aliphatic rings. The molecule has 0 unspecified atom stereocenters. The van der Waals surface area contributed by atoms with Crippen molar-refractivity contribution in [3.8, 4) is 40.8 Å². The molecular formula is C23H29N3O3. The Hall–Kier alpha value is -2.75. The molecule has 1 N–H and O–H groups in total. The van der Waals surface area contributed by atoms with Crippen molar-refractivity contribution >= 4 is 0 Å². The second-order valence-electron chi connectivity index (χ2n) is 7.10. The van der Waals surface area contributed by atoms with E-state index in [2.05, 4.69) is 33.3 Å². The van der Waals surface area contributed by atoms with Crippen molar-refractivity contribution in [1.29, 1.82) is 0 Å². The van der Waals surface area contributed by atoms with Crippen molar-refractivity contribution in [3.63, 3.8) is 0 Å². The van der Waals surface area contributed by atoms with E-state index in [1.54, 1.807) is 21.3 Å². The lowest BCUT2D eigenvalue weighted by Crippen LogP contribution is -2.42. The van der Waals surface area contributed by atoms with Crippen molar-refractivity contribution in [2.75, 3.05) is 41.0 Å². The summed E-state index contributed by atoms with van der Waals surface area (Å²) in [6.45, 7) is 3.67. The average Bonchev–Trinajstić information content (AvgIpc) is 2.77. The minimum Gasteiger partial charge on any atom is -0.493 e. The van der Waals surface area contributed by atoms with Crippen LogP contribution in [0.3, 0.4) is 0 Å². The van der Waals surface area contributed by atoms with Gasteiger partial charge in [0.2, 0.25) is 5.75 Å². The van der Waals surface area contributed by atoms with Crippen LogP contribution in [-0.4, -0.2) is 56.9 Å². The SMILES string of the molecule is C#CCNC1CCN(Cc2ccnc(-c3cc(OC)c(OC)c(OC)c3)c2)CC1. The van der Waals surface area contributed by atoms with Gasteiger partial charge in [0.25, 0.3) is 0 Å². The summed E-state index contributed by atoms with van der Waals surface area (Å²) in [5.41, 5.74) is 3.05. The van der Waals surface area contributed by atoms with Gasteiger partial charge in [0, 0.05) is 24.3 Å². The highest BCUT2D eigenvalue weighted by atomic mass is 16.5. The number of aromatic nitrogens is 1. The van der Waals surface area contributed by atoms with Crippen LogP contribution in [0.5, 0.6) is 17.2 Å². The number of piperidine rings is 1. The lowest BCUT2D eigenvalue weighted by molar-refractivity contribution is 0.193. The minimum atomic E-state index is 0.523. The molecule has 0 amide bonds. The van der Waals surface area contributed by atoms with Crippen LogP contribution < -0.4 is 19.5 Å². The molecule has 29 heavy (non-hydrogen) atoms. The van der Waals surface area contributed by atoms with E-state index >= 15 is 0 Å². The smallest absolute Gasteiger partial charge is 0.203 e. The predicted octanol–water partition coefficient (Wildman–Crippen LogP) is 2.96. The van der Waals surface area contributed by atoms with Crippen LogP contribution in [0.1, 0.15) is 18.4 Å². The third-order valence-corrected chi connectivity index (χ3v) is 5.27. The minimum absolute atomic E-state index is 0.523. The van der Waals surface area contributed by atoms with Crippen molar-refractivity contribution < 1.29 is 14.2 Å². The Bertz CT molecular complexity index is 830. The molecule has 1 aromatic carbocycles. The van der Waals surface area contributed by atoms with Crippen LogP contribution in [0, 0.1) is 12.3 Å². The highest BCUT2D eigenvalue weighted by molar-refractivity contribution is 5.69. The van der Waals surface area contributed by atoms with Gasteiger partial charge < -0.3 is 19.5 Å². The fourth-order valence-corrected chi connectivity index (χ4v) is 3.72. The first-order valence-electron chi connectivity index (χ1n) is 9.83. The number of nitrogens with one attached hydrogen (secondary N) is 1. The maximum Gasteiger partial charge on any atom is 0.203 e. The molecule has 1 aromatic heterocycles. The Kier molecular flexibility index (Phi) is 7.34. The number of pyridine rings is 1.